The van der Waals surface area contributed by atoms with Gasteiger partial charge < -0.3 is 15.2 Å². The highest BCUT2D eigenvalue weighted by Gasteiger charge is 2.48. The van der Waals surface area contributed by atoms with Gasteiger partial charge in [0, 0.05) is 18.5 Å². The van der Waals surface area contributed by atoms with E-state index >= 15 is 0 Å². The lowest BCUT2D eigenvalue weighted by Gasteiger charge is -2.50. The summed E-state index contributed by atoms with van der Waals surface area (Å²) in [5, 5.41) is 15.1. The van der Waals surface area contributed by atoms with E-state index in [1.54, 1.807) is 11.3 Å². The van der Waals surface area contributed by atoms with Crippen LogP contribution in [0.4, 0.5) is 0 Å². The van der Waals surface area contributed by atoms with E-state index in [0.29, 0.717) is 5.41 Å². The number of rotatable bonds is 4. The standard InChI is InChI=1S/C13H17BrN2O3S/c14-9-6-20-11(16-9)13(19-5-10(17)18)3-1-12(2-4-13)7-15-8-12/h6,15H,1-5,7-8H2,(H,17,18). The van der Waals surface area contributed by atoms with Crippen molar-refractivity contribution in [2.75, 3.05) is 19.7 Å². The summed E-state index contributed by atoms with van der Waals surface area (Å²) < 4.78 is 6.59. The molecule has 2 fully saturated rings. The van der Waals surface area contributed by atoms with Gasteiger partial charge in [0.2, 0.25) is 0 Å². The fourth-order valence-electron chi connectivity index (χ4n) is 3.10. The fourth-order valence-corrected chi connectivity index (χ4v) is 4.57. The number of nitrogens with one attached hydrogen (secondary N) is 1. The lowest BCUT2D eigenvalue weighted by molar-refractivity contribution is -0.157. The van der Waals surface area contributed by atoms with Crippen molar-refractivity contribution in [3.8, 4) is 0 Å². The van der Waals surface area contributed by atoms with Crippen LogP contribution < -0.4 is 5.32 Å². The van der Waals surface area contributed by atoms with Gasteiger partial charge in [-0.2, -0.15) is 0 Å². The average Bonchev–Trinajstić information content (AvgIpc) is 2.82. The zero-order chi connectivity index (χ0) is 14.2. The molecule has 0 amide bonds. The summed E-state index contributed by atoms with van der Waals surface area (Å²) in [7, 11) is 0. The number of aliphatic carboxylic acids is 1. The third-order valence-corrected chi connectivity index (χ3v) is 6.19. The molecule has 1 aliphatic heterocycles. The van der Waals surface area contributed by atoms with Gasteiger partial charge in [0.25, 0.3) is 0 Å². The molecule has 0 bridgehead atoms. The lowest BCUT2D eigenvalue weighted by atomic mass is 9.65. The molecule has 1 aliphatic carbocycles. The van der Waals surface area contributed by atoms with Crippen molar-refractivity contribution < 1.29 is 14.6 Å². The van der Waals surface area contributed by atoms with Crippen LogP contribution in [0.15, 0.2) is 9.98 Å². The maximum Gasteiger partial charge on any atom is 0.329 e. The van der Waals surface area contributed by atoms with Crippen LogP contribution in [0.5, 0.6) is 0 Å². The third kappa shape index (κ3) is 2.64. The first kappa shape index (κ1) is 14.4. The predicted molar refractivity (Wildman–Crippen MR) is 78.9 cm³/mol. The van der Waals surface area contributed by atoms with Gasteiger partial charge in [-0.1, -0.05) is 0 Å². The van der Waals surface area contributed by atoms with Crippen LogP contribution in [-0.4, -0.2) is 35.8 Å². The Morgan fingerprint density at radius 2 is 2.15 bits per heavy atom. The maximum absolute atomic E-state index is 10.9. The molecule has 1 spiro atoms. The minimum Gasteiger partial charge on any atom is -0.480 e. The quantitative estimate of drug-likeness (QED) is 0.862. The second-order valence-electron chi connectivity index (χ2n) is 5.76. The monoisotopic (exact) mass is 360 g/mol. The summed E-state index contributed by atoms with van der Waals surface area (Å²) in [4.78, 5) is 15.3. The van der Waals surface area contributed by atoms with E-state index in [0.717, 1.165) is 48.4 Å². The summed E-state index contributed by atoms with van der Waals surface area (Å²) in [6, 6.07) is 0. The summed E-state index contributed by atoms with van der Waals surface area (Å²) >= 11 is 4.91. The van der Waals surface area contributed by atoms with E-state index in [4.69, 9.17) is 9.84 Å². The molecule has 2 heterocycles. The van der Waals surface area contributed by atoms with Gasteiger partial charge in [-0.25, -0.2) is 9.78 Å². The molecule has 0 aromatic carbocycles. The SMILES string of the molecule is O=C(O)COC1(c2nc(Br)cs2)CCC2(CC1)CNC2. The molecular formula is C13H17BrN2O3S. The number of carbonyl (C=O) groups is 1. The second kappa shape index (κ2) is 5.36. The van der Waals surface area contributed by atoms with Crippen LogP contribution in [0.1, 0.15) is 30.7 Å². The van der Waals surface area contributed by atoms with Gasteiger partial charge in [-0.15, -0.1) is 11.3 Å². The van der Waals surface area contributed by atoms with E-state index in [1.807, 2.05) is 5.38 Å². The van der Waals surface area contributed by atoms with Crippen LogP contribution in [0.25, 0.3) is 0 Å². The van der Waals surface area contributed by atoms with E-state index < -0.39 is 11.6 Å². The van der Waals surface area contributed by atoms with Crippen molar-refractivity contribution in [3.05, 3.63) is 15.0 Å². The normalized spacial score (nSPS) is 23.4. The highest BCUT2D eigenvalue weighted by Crippen LogP contribution is 2.50. The minimum absolute atomic E-state index is 0.261. The average molecular weight is 361 g/mol. The second-order valence-corrected chi connectivity index (χ2v) is 7.43. The molecular weight excluding hydrogens is 344 g/mol. The Balaban J connectivity index is 1.79. The van der Waals surface area contributed by atoms with Crippen LogP contribution >= 0.6 is 27.3 Å². The largest absolute Gasteiger partial charge is 0.480 e. The third-order valence-electron chi connectivity index (χ3n) is 4.46. The molecule has 2 N–H and O–H groups in total. The molecule has 1 aromatic heterocycles. The number of thiazole rings is 1. The Kier molecular flexibility index (Phi) is 3.87. The van der Waals surface area contributed by atoms with Gasteiger partial charge in [0.1, 0.15) is 21.8 Å². The summed E-state index contributed by atoms with van der Waals surface area (Å²) in [6.45, 7) is 1.88. The number of halogens is 1. The number of hydrogen-bond acceptors (Lipinski definition) is 5. The molecule has 7 heteroatoms. The Morgan fingerprint density at radius 1 is 1.45 bits per heavy atom. The molecule has 0 radical (unpaired) electrons. The molecule has 20 heavy (non-hydrogen) atoms. The number of aromatic nitrogens is 1. The van der Waals surface area contributed by atoms with Gasteiger partial charge in [0.05, 0.1) is 0 Å². The molecule has 110 valence electrons. The lowest BCUT2D eigenvalue weighted by Crippen LogP contribution is -2.57. The van der Waals surface area contributed by atoms with E-state index in [-0.39, 0.29) is 6.61 Å². The summed E-state index contributed by atoms with van der Waals surface area (Å²) in [5.74, 6) is -0.925. The van der Waals surface area contributed by atoms with E-state index in [1.165, 1.54) is 0 Å². The van der Waals surface area contributed by atoms with Gasteiger partial charge in [0.15, 0.2) is 0 Å². The van der Waals surface area contributed by atoms with Crippen molar-refractivity contribution in [2.45, 2.75) is 31.3 Å². The molecule has 1 saturated carbocycles. The molecule has 1 aromatic rings. The summed E-state index contributed by atoms with van der Waals surface area (Å²) in [5.41, 5.74) is -0.111. The first-order chi connectivity index (χ1) is 9.54. The van der Waals surface area contributed by atoms with E-state index in [9.17, 15) is 4.79 Å². The van der Waals surface area contributed by atoms with Gasteiger partial charge in [-0.05, 0) is 47.0 Å². The minimum atomic E-state index is -0.925. The maximum atomic E-state index is 10.9. The number of nitrogens with zero attached hydrogens (tertiary/aromatic N) is 1. The first-order valence-corrected chi connectivity index (χ1v) is 8.39. The number of ether oxygens (including phenoxy) is 1. The van der Waals surface area contributed by atoms with Crippen LogP contribution in [-0.2, 0) is 15.1 Å². The Labute approximate surface area is 129 Å². The van der Waals surface area contributed by atoms with Crippen molar-refractivity contribution in [2.24, 2.45) is 5.41 Å². The van der Waals surface area contributed by atoms with Crippen LogP contribution in [0.2, 0.25) is 0 Å². The van der Waals surface area contributed by atoms with Gasteiger partial charge >= 0.3 is 5.97 Å². The van der Waals surface area contributed by atoms with Crippen molar-refractivity contribution in [1.29, 1.82) is 0 Å². The molecule has 0 unspecified atom stereocenters. The number of carboxylic acid groups (broad SMARTS) is 1. The highest BCUT2D eigenvalue weighted by atomic mass is 79.9. The van der Waals surface area contributed by atoms with Crippen LogP contribution in [0, 0.1) is 5.41 Å². The van der Waals surface area contributed by atoms with Crippen LogP contribution in [0.3, 0.4) is 0 Å². The van der Waals surface area contributed by atoms with Crippen molar-refractivity contribution >= 4 is 33.2 Å². The Bertz CT molecular complexity index is 505. The molecule has 5 nitrogen and oxygen atoms in total. The van der Waals surface area contributed by atoms with E-state index in [2.05, 4.69) is 26.2 Å². The van der Waals surface area contributed by atoms with Gasteiger partial charge in [-0.3, -0.25) is 0 Å². The molecule has 3 rings (SSSR count). The Morgan fingerprint density at radius 3 is 2.60 bits per heavy atom. The zero-order valence-corrected chi connectivity index (χ0v) is 13.4. The number of carboxylic acids is 1. The zero-order valence-electron chi connectivity index (χ0n) is 11.0. The predicted octanol–water partition coefficient (Wildman–Crippen LogP) is 2.37. The highest BCUT2D eigenvalue weighted by molar-refractivity contribution is 9.10. The summed E-state index contributed by atoms with van der Waals surface area (Å²) in [6.07, 6.45) is 3.83. The molecule has 1 saturated heterocycles. The molecule has 2 aliphatic rings. The Hall–Kier alpha value is -0.500. The number of hydrogen-bond donors (Lipinski definition) is 2. The van der Waals surface area contributed by atoms with Crippen molar-refractivity contribution in [1.82, 2.24) is 10.3 Å². The molecule has 0 atom stereocenters. The fraction of sp³-hybridized carbons (Fsp3) is 0.692. The van der Waals surface area contributed by atoms with Crippen molar-refractivity contribution in [3.63, 3.8) is 0 Å². The smallest absolute Gasteiger partial charge is 0.329 e. The topological polar surface area (TPSA) is 71.5 Å². The first-order valence-electron chi connectivity index (χ1n) is 6.72.